The third kappa shape index (κ3) is 6.03. The molecule has 0 radical (unpaired) electrons. The molecule has 2 amide bonds. The van der Waals surface area contributed by atoms with Gasteiger partial charge in [-0.2, -0.15) is 13.2 Å². The van der Waals surface area contributed by atoms with E-state index in [1.165, 1.54) is 6.07 Å². The van der Waals surface area contributed by atoms with Gasteiger partial charge in [-0.3, -0.25) is 0 Å². The fourth-order valence-corrected chi connectivity index (χ4v) is 2.27. The van der Waals surface area contributed by atoms with Crippen LogP contribution in [0.5, 0.6) is 5.75 Å². The zero-order valence-corrected chi connectivity index (χ0v) is 14.2. The maximum absolute atomic E-state index is 12.9. The van der Waals surface area contributed by atoms with E-state index in [9.17, 15) is 18.0 Å². The summed E-state index contributed by atoms with van der Waals surface area (Å²) in [5.41, 5.74) is -1.41. The van der Waals surface area contributed by atoms with Gasteiger partial charge >= 0.3 is 12.2 Å². The van der Waals surface area contributed by atoms with Crippen molar-refractivity contribution in [3.63, 3.8) is 0 Å². The van der Waals surface area contributed by atoms with Gasteiger partial charge in [-0.25, -0.2) is 4.79 Å². The van der Waals surface area contributed by atoms with Crippen molar-refractivity contribution in [3.8, 4) is 5.75 Å². The largest absolute Gasteiger partial charge is 0.492 e. The molecule has 0 spiro atoms. The monoisotopic (exact) mass is 392 g/mol. The quantitative estimate of drug-likeness (QED) is 0.685. The fourth-order valence-electron chi connectivity index (χ4n) is 1.92. The van der Waals surface area contributed by atoms with Gasteiger partial charge in [0.15, 0.2) is 0 Å². The molecule has 0 aliphatic carbocycles. The van der Waals surface area contributed by atoms with Crippen molar-refractivity contribution in [2.45, 2.75) is 6.18 Å². The van der Waals surface area contributed by atoms with Crippen molar-refractivity contribution in [1.29, 1.82) is 0 Å². The molecule has 4 nitrogen and oxygen atoms in total. The second-order valence-electron chi connectivity index (χ2n) is 4.87. The van der Waals surface area contributed by atoms with Gasteiger partial charge in [-0.05, 0) is 36.4 Å². The minimum Gasteiger partial charge on any atom is -0.492 e. The van der Waals surface area contributed by atoms with Gasteiger partial charge in [0.25, 0.3) is 0 Å². The molecule has 2 aromatic carbocycles. The van der Waals surface area contributed by atoms with Gasteiger partial charge < -0.3 is 15.4 Å². The Labute approximate surface area is 151 Å². The van der Waals surface area contributed by atoms with Crippen LogP contribution in [0.3, 0.4) is 0 Å². The lowest BCUT2D eigenvalue weighted by molar-refractivity contribution is -0.136. The number of hydrogen-bond donors (Lipinski definition) is 2. The molecule has 134 valence electrons. The topological polar surface area (TPSA) is 50.4 Å². The average Bonchev–Trinajstić information content (AvgIpc) is 2.52. The number of amides is 2. The van der Waals surface area contributed by atoms with E-state index in [0.717, 1.165) is 12.1 Å². The third-order valence-electron chi connectivity index (χ3n) is 2.99. The molecule has 0 aromatic heterocycles. The Hall–Kier alpha value is -2.12. The van der Waals surface area contributed by atoms with Gasteiger partial charge in [0.1, 0.15) is 12.4 Å². The number of alkyl halides is 3. The standard InChI is InChI=1S/C16H13Cl2F3N2O2/c17-10-2-1-3-12(8-10)25-7-6-22-15(24)23-14-5-4-11(18)9-13(14)16(19,20)21/h1-5,8-9H,6-7H2,(H2,22,23,24). The van der Waals surface area contributed by atoms with E-state index in [2.05, 4.69) is 10.6 Å². The van der Waals surface area contributed by atoms with E-state index < -0.39 is 17.8 Å². The molecule has 0 aliphatic heterocycles. The Morgan fingerprint density at radius 1 is 1.08 bits per heavy atom. The minimum absolute atomic E-state index is 0.0757. The number of carbonyl (C=O) groups is 1. The predicted octanol–water partition coefficient (Wildman–Crippen LogP) is 5.21. The van der Waals surface area contributed by atoms with Gasteiger partial charge in [-0.1, -0.05) is 29.3 Å². The Balaban J connectivity index is 1.86. The average molecular weight is 393 g/mol. The molecule has 0 atom stereocenters. The molecular weight excluding hydrogens is 380 g/mol. The summed E-state index contributed by atoms with van der Waals surface area (Å²) in [5.74, 6) is 0.520. The van der Waals surface area contributed by atoms with Crippen LogP contribution in [0.2, 0.25) is 10.0 Å². The van der Waals surface area contributed by atoms with Gasteiger partial charge in [0, 0.05) is 10.0 Å². The molecule has 0 saturated carbocycles. The van der Waals surface area contributed by atoms with E-state index in [1.54, 1.807) is 24.3 Å². The smallest absolute Gasteiger partial charge is 0.418 e. The van der Waals surface area contributed by atoms with Gasteiger partial charge in [-0.15, -0.1) is 0 Å². The van der Waals surface area contributed by atoms with Crippen LogP contribution in [0, 0.1) is 0 Å². The predicted molar refractivity (Wildman–Crippen MR) is 90.4 cm³/mol. The first kappa shape index (κ1) is 19.2. The Morgan fingerprint density at radius 3 is 2.48 bits per heavy atom. The van der Waals surface area contributed by atoms with Crippen LogP contribution in [0.15, 0.2) is 42.5 Å². The number of anilines is 1. The molecular formula is C16H13Cl2F3N2O2. The number of rotatable bonds is 5. The summed E-state index contributed by atoms with van der Waals surface area (Å²) in [4.78, 5) is 11.7. The number of urea groups is 1. The van der Waals surface area contributed by atoms with Crippen molar-refractivity contribution >= 4 is 34.9 Å². The van der Waals surface area contributed by atoms with E-state index in [1.807, 2.05) is 0 Å². The van der Waals surface area contributed by atoms with Crippen molar-refractivity contribution in [1.82, 2.24) is 5.32 Å². The highest BCUT2D eigenvalue weighted by Gasteiger charge is 2.34. The molecule has 0 bridgehead atoms. The summed E-state index contributed by atoms with van der Waals surface area (Å²) >= 11 is 11.4. The molecule has 0 saturated heterocycles. The molecule has 25 heavy (non-hydrogen) atoms. The number of nitrogens with one attached hydrogen (secondary N) is 2. The van der Waals surface area contributed by atoms with Crippen LogP contribution in [-0.4, -0.2) is 19.2 Å². The van der Waals surface area contributed by atoms with E-state index >= 15 is 0 Å². The van der Waals surface area contributed by atoms with Gasteiger partial charge in [0.2, 0.25) is 0 Å². The Bertz CT molecular complexity index is 754. The maximum atomic E-state index is 12.9. The lowest BCUT2D eigenvalue weighted by atomic mass is 10.1. The first-order valence-electron chi connectivity index (χ1n) is 7.05. The maximum Gasteiger partial charge on any atom is 0.418 e. The lowest BCUT2D eigenvalue weighted by Gasteiger charge is -2.14. The third-order valence-corrected chi connectivity index (χ3v) is 3.46. The van der Waals surface area contributed by atoms with Crippen molar-refractivity contribution in [3.05, 3.63) is 58.1 Å². The van der Waals surface area contributed by atoms with Crippen molar-refractivity contribution < 1.29 is 22.7 Å². The Kier molecular flexibility index (Phi) is 6.39. The second-order valence-corrected chi connectivity index (χ2v) is 5.75. The molecule has 2 rings (SSSR count). The van der Waals surface area contributed by atoms with Crippen LogP contribution < -0.4 is 15.4 Å². The summed E-state index contributed by atoms with van der Waals surface area (Å²) in [6.07, 6.45) is -4.64. The Morgan fingerprint density at radius 2 is 1.80 bits per heavy atom. The van der Waals surface area contributed by atoms with Crippen LogP contribution in [0.1, 0.15) is 5.56 Å². The zero-order valence-electron chi connectivity index (χ0n) is 12.7. The number of carbonyl (C=O) groups excluding carboxylic acids is 1. The highest BCUT2D eigenvalue weighted by atomic mass is 35.5. The van der Waals surface area contributed by atoms with Gasteiger partial charge in [0.05, 0.1) is 17.8 Å². The summed E-state index contributed by atoms with van der Waals surface area (Å²) < 4.78 is 44.2. The van der Waals surface area contributed by atoms with E-state index in [0.29, 0.717) is 10.8 Å². The van der Waals surface area contributed by atoms with Crippen molar-refractivity contribution in [2.24, 2.45) is 0 Å². The summed E-state index contributed by atoms with van der Waals surface area (Å²) in [6, 6.07) is 8.99. The molecule has 0 fully saturated rings. The lowest BCUT2D eigenvalue weighted by Crippen LogP contribution is -2.32. The number of hydrogen-bond acceptors (Lipinski definition) is 2. The summed E-state index contributed by atoms with van der Waals surface area (Å²) in [5, 5.41) is 4.98. The SMILES string of the molecule is O=C(NCCOc1cccc(Cl)c1)Nc1ccc(Cl)cc1C(F)(F)F. The molecule has 0 heterocycles. The van der Waals surface area contributed by atoms with Crippen LogP contribution in [0.4, 0.5) is 23.7 Å². The second kappa shape index (κ2) is 8.31. The normalized spacial score (nSPS) is 11.1. The van der Waals surface area contributed by atoms with Crippen LogP contribution in [-0.2, 0) is 6.18 Å². The zero-order chi connectivity index (χ0) is 18.4. The van der Waals surface area contributed by atoms with Crippen LogP contribution in [0.25, 0.3) is 0 Å². The van der Waals surface area contributed by atoms with Crippen LogP contribution >= 0.6 is 23.2 Å². The van der Waals surface area contributed by atoms with Crippen molar-refractivity contribution in [2.75, 3.05) is 18.5 Å². The molecule has 9 heteroatoms. The first-order chi connectivity index (χ1) is 11.8. The minimum atomic E-state index is -4.64. The molecule has 2 N–H and O–H groups in total. The number of halogens is 5. The van der Waals surface area contributed by atoms with E-state index in [-0.39, 0.29) is 23.9 Å². The summed E-state index contributed by atoms with van der Waals surface area (Å²) in [7, 11) is 0. The molecule has 0 unspecified atom stereocenters. The van der Waals surface area contributed by atoms with E-state index in [4.69, 9.17) is 27.9 Å². The summed E-state index contributed by atoms with van der Waals surface area (Å²) in [6.45, 7) is 0.216. The number of benzene rings is 2. The highest BCUT2D eigenvalue weighted by Crippen LogP contribution is 2.36. The fraction of sp³-hybridized carbons (Fsp3) is 0.188. The first-order valence-corrected chi connectivity index (χ1v) is 7.81. The molecule has 0 aliphatic rings. The highest BCUT2D eigenvalue weighted by molar-refractivity contribution is 6.31. The number of ether oxygens (including phenoxy) is 1. The molecule has 2 aromatic rings.